The van der Waals surface area contributed by atoms with E-state index in [-0.39, 0.29) is 5.82 Å². The van der Waals surface area contributed by atoms with Crippen LogP contribution in [0.15, 0.2) is 42.5 Å². The molecule has 0 aliphatic heterocycles. The second-order valence-electron chi connectivity index (χ2n) is 6.50. The van der Waals surface area contributed by atoms with Crippen LogP contribution in [0.2, 0.25) is 0 Å². The van der Waals surface area contributed by atoms with Gasteiger partial charge >= 0.3 is 0 Å². The Labute approximate surface area is 132 Å². The molecule has 0 saturated carbocycles. The first-order valence-electron chi connectivity index (χ1n) is 8.16. The van der Waals surface area contributed by atoms with E-state index in [1.807, 2.05) is 19.2 Å². The summed E-state index contributed by atoms with van der Waals surface area (Å²) < 4.78 is 13.1. The molecule has 1 aliphatic carbocycles. The molecule has 0 amide bonds. The van der Waals surface area contributed by atoms with Crippen molar-refractivity contribution in [3.8, 4) is 11.1 Å². The zero-order valence-corrected chi connectivity index (χ0v) is 13.6. The highest BCUT2D eigenvalue weighted by Crippen LogP contribution is 2.48. The summed E-state index contributed by atoms with van der Waals surface area (Å²) in [7, 11) is 2.02. The van der Waals surface area contributed by atoms with Gasteiger partial charge in [0, 0.05) is 0 Å². The third-order valence-electron chi connectivity index (χ3n) is 5.28. The second-order valence-corrected chi connectivity index (χ2v) is 6.50. The van der Waals surface area contributed by atoms with Gasteiger partial charge in [0.2, 0.25) is 0 Å². The first-order valence-corrected chi connectivity index (χ1v) is 8.16. The van der Waals surface area contributed by atoms with E-state index in [0.29, 0.717) is 17.8 Å². The van der Waals surface area contributed by atoms with Crippen molar-refractivity contribution in [1.29, 1.82) is 0 Å². The molecule has 0 fully saturated rings. The summed E-state index contributed by atoms with van der Waals surface area (Å²) >= 11 is 0. The van der Waals surface area contributed by atoms with Gasteiger partial charge in [-0.05, 0) is 72.2 Å². The molecule has 1 N–H and O–H groups in total. The van der Waals surface area contributed by atoms with Crippen LogP contribution in [0.3, 0.4) is 0 Å². The quantitative estimate of drug-likeness (QED) is 0.843. The average molecular weight is 297 g/mol. The number of fused-ring (bicyclic) bond motifs is 1. The van der Waals surface area contributed by atoms with Crippen molar-refractivity contribution in [1.82, 2.24) is 5.32 Å². The second kappa shape index (κ2) is 6.21. The summed E-state index contributed by atoms with van der Waals surface area (Å²) in [6, 6.07) is 13.6. The fraction of sp³-hybridized carbons (Fsp3) is 0.400. The smallest absolute Gasteiger partial charge is 0.123 e. The van der Waals surface area contributed by atoms with Gasteiger partial charge in [-0.3, -0.25) is 0 Å². The van der Waals surface area contributed by atoms with E-state index in [1.165, 1.54) is 35.2 Å². The van der Waals surface area contributed by atoms with Gasteiger partial charge in [0.15, 0.2) is 0 Å². The van der Waals surface area contributed by atoms with Crippen molar-refractivity contribution in [3.05, 3.63) is 59.4 Å². The van der Waals surface area contributed by atoms with Crippen molar-refractivity contribution in [3.63, 3.8) is 0 Å². The molecule has 2 aromatic carbocycles. The Hall–Kier alpha value is -1.67. The zero-order valence-electron chi connectivity index (χ0n) is 13.6. The van der Waals surface area contributed by atoms with Gasteiger partial charge in [0.25, 0.3) is 0 Å². The third-order valence-corrected chi connectivity index (χ3v) is 5.28. The maximum absolute atomic E-state index is 13.1. The number of rotatable bonds is 4. The number of benzene rings is 2. The van der Waals surface area contributed by atoms with Crippen molar-refractivity contribution >= 4 is 0 Å². The average Bonchev–Trinajstić information content (AvgIpc) is 2.77. The molecule has 0 saturated heterocycles. The molecule has 0 heterocycles. The van der Waals surface area contributed by atoms with E-state index in [0.717, 1.165) is 12.1 Å². The van der Waals surface area contributed by atoms with Gasteiger partial charge in [-0.2, -0.15) is 0 Å². The molecule has 2 unspecified atom stereocenters. The van der Waals surface area contributed by atoms with E-state index < -0.39 is 0 Å². The Morgan fingerprint density at radius 3 is 2.32 bits per heavy atom. The standard InChI is InChI=1S/C20H24FN/c1-13-14(2)20-12-16(15-4-7-17(21)8-5-15)6-9-19(20)18(13)10-11-22-3/h4-9,12-14,18,22H,10-11H2,1-3H3/t13-,14?,18?/m1/s1. The molecule has 3 atom stereocenters. The van der Waals surface area contributed by atoms with Crippen LogP contribution in [0.25, 0.3) is 11.1 Å². The molecule has 1 aliphatic rings. The highest BCUT2D eigenvalue weighted by molar-refractivity contribution is 5.66. The van der Waals surface area contributed by atoms with E-state index in [9.17, 15) is 4.39 Å². The van der Waals surface area contributed by atoms with Crippen LogP contribution in [0.4, 0.5) is 4.39 Å². The van der Waals surface area contributed by atoms with Crippen molar-refractivity contribution in [2.45, 2.75) is 32.1 Å². The Kier molecular flexibility index (Phi) is 4.30. The van der Waals surface area contributed by atoms with Crippen molar-refractivity contribution < 1.29 is 4.39 Å². The van der Waals surface area contributed by atoms with Gasteiger partial charge in [-0.25, -0.2) is 4.39 Å². The number of hydrogen-bond acceptors (Lipinski definition) is 1. The van der Waals surface area contributed by atoms with Gasteiger partial charge in [0.05, 0.1) is 0 Å². The Morgan fingerprint density at radius 2 is 1.64 bits per heavy atom. The third kappa shape index (κ3) is 2.68. The van der Waals surface area contributed by atoms with Crippen LogP contribution in [0.1, 0.15) is 43.2 Å². The van der Waals surface area contributed by atoms with Gasteiger partial charge in [-0.1, -0.05) is 44.2 Å². The summed E-state index contributed by atoms with van der Waals surface area (Å²) in [6.45, 7) is 5.75. The maximum atomic E-state index is 13.1. The van der Waals surface area contributed by atoms with Crippen LogP contribution in [0.5, 0.6) is 0 Å². The molecule has 116 valence electrons. The molecule has 0 bridgehead atoms. The van der Waals surface area contributed by atoms with Crippen LogP contribution in [-0.4, -0.2) is 13.6 Å². The van der Waals surface area contributed by atoms with Gasteiger partial charge < -0.3 is 5.32 Å². The monoisotopic (exact) mass is 297 g/mol. The normalized spacial score (nSPS) is 23.5. The SMILES string of the molecule is CNCCC1c2ccc(-c3ccc(F)cc3)cc2C(C)[C@H]1C. The topological polar surface area (TPSA) is 12.0 Å². The van der Waals surface area contributed by atoms with Crippen molar-refractivity contribution in [2.75, 3.05) is 13.6 Å². The lowest BCUT2D eigenvalue weighted by atomic mass is 9.87. The Bertz CT molecular complexity index is 647. The Balaban J connectivity index is 1.95. The summed E-state index contributed by atoms with van der Waals surface area (Å²) in [5.41, 5.74) is 5.24. The fourth-order valence-electron chi connectivity index (χ4n) is 3.76. The largest absolute Gasteiger partial charge is 0.320 e. The molecular weight excluding hydrogens is 273 g/mol. The number of halogens is 1. The van der Waals surface area contributed by atoms with Gasteiger partial charge in [-0.15, -0.1) is 0 Å². The molecule has 1 nitrogen and oxygen atoms in total. The lowest BCUT2D eigenvalue weighted by molar-refractivity contribution is 0.417. The lowest BCUT2D eigenvalue weighted by Gasteiger charge is -2.18. The lowest BCUT2D eigenvalue weighted by Crippen LogP contribution is -2.15. The first kappa shape index (κ1) is 15.2. The summed E-state index contributed by atoms with van der Waals surface area (Å²) in [6.07, 6.45) is 1.19. The highest BCUT2D eigenvalue weighted by Gasteiger charge is 2.34. The van der Waals surface area contributed by atoms with Gasteiger partial charge in [0.1, 0.15) is 5.82 Å². The Morgan fingerprint density at radius 1 is 0.955 bits per heavy atom. The summed E-state index contributed by atoms with van der Waals surface area (Å²) in [5.74, 6) is 1.71. The summed E-state index contributed by atoms with van der Waals surface area (Å²) in [5, 5.41) is 3.27. The highest BCUT2D eigenvalue weighted by atomic mass is 19.1. The summed E-state index contributed by atoms with van der Waals surface area (Å²) in [4.78, 5) is 0. The van der Waals surface area contributed by atoms with Crippen LogP contribution in [0, 0.1) is 11.7 Å². The maximum Gasteiger partial charge on any atom is 0.123 e. The minimum atomic E-state index is -0.181. The number of nitrogens with one attached hydrogen (secondary N) is 1. The molecular formula is C20H24FN. The van der Waals surface area contributed by atoms with Crippen LogP contribution >= 0.6 is 0 Å². The molecule has 0 radical (unpaired) electrons. The molecule has 2 aromatic rings. The molecule has 22 heavy (non-hydrogen) atoms. The van der Waals surface area contributed by atoms with Crippen LogP contribution < -0.4 is 5.32 Å². The zero-order chi connectivity index (χ0) is 15.7. The van der Waals surface area contributed by atoms with E-state index in [1.54, 1.807) is 0 Å². The van der Waals surface area contributed by atoms with Crippen molar-refractivity contribution in [2.24, 2.45) is 5.92 Å². The molecule has 2 heteroatoms. The van der Waals surface area contributed by atoms with E-state index in [4.69, 9.17) is 0 Å². The molecule has 0 aromatic heterocycles. The van der Waals surface area contributed by atoms with E-state index >= 15 is 0 Å². The predicted octanol–water partition coefficient (Wildman–Crippen LogP) is 4.94. The van der Waals surface area contributed by atoms with Crippen LogP contribution in [-0.2, 0) is 0 Å². The number of hydrogen-bond donors (Lipinski definition) is 1. The molecule has 3 rings (SSSR count). The molecule has 0 spiro atoms. The predicted molar refractivity (Wildman–Crippen MR) is 90.7 cm³/mol. The minimum absolute atomic E-state index is 0.181. The fourth-order valence-corrected chi connectivity index (χ4v) is 3.76. The first-order chi connectivity index (χ1) is 10.6. The van der Waals surface area contributed by atoms with E-state index in [2.05, 4.69) is 37.4 Å². The minimum Gasteiger partial charge on any atom is -0.320 e.